The minimum Gasteiger partial charge on any atom is -0.463 e. The standard InChI is InChI=1S/C17H19N3O4S/c21-17(19-18-13-15-7-5-11-24-15)14-6-4-8-16(12-14)25(22,23)20-9-2-1-3-10-20/h4-8,11-13H,1-3,9-10H2,(H,19,21)/b18-13-. The molecule has 2 heterocycles. The van der Waals surface area contributed by atoms with Crippen LogP contribution in [-0.4, -0.2) is 37.9 Å². The lowest BCUT2D eigenvalue weighted by Crippen LogP contribution is -2.35. The lowest BCUT2D eigenvalue weighted by molar-refractivity contribution is 0.0955. The van der Waals surface area contributed by atoms with Gasteiger partial charge in [-0.05, 0) is 43.2 Å². The van der Waals surface area contributed by atoms with Crippen molar-refractivity contribution in [3.05, 3.63) is 54.0 Å². The summed E-state index contributed by atoms with van der Waals surface area (Å²) in [6.07, 6.45) is 5.63. The number of amides is 1. The number of hydrogen-bond donors (Lipinski definition) is 1. The Morgan fingerprint density at radius 3 is 2.68 bits per heavy atom. The van der Waals surface area contributed by atoms with E-state index in [0.717, 1.165) is 19.3 Å². The molecule has 0 radical (unpaired) electrons. The van der Waals surface area contributed by atoms with Crippen molar-refractivity contribution in [2.24, 2.45) is 5.10 Å². The minimum absolute atomic E-state index is 0.122. The van der Waals surface area contributed by atoms with Crippen molar-refractivity contribution >= 4 is 22.1 Å². The summed E-state index contributed by atoms with van der Waals surface area (Å²) < 4.78 is 31.9. The first kappa shape index (κ1) is 17.4. The van der Waals surface area contributed by atoms with E-state index in [2.05, 4.69) is 10.5 Å². The number of sulfonamides is 1. The van der Waals surface area contributed by atoms with Gasteiger partial charge in [0.25, 0.3) is 5.91 Å². The molecule has 7 nitrogen and oxygen atoms in total. The number of hydrogen-bond acceptors (Lipinski definition) is 5. The number of piperidine rings is 1. The lowest BCUT2D eigenvalue weighted by Gasteiger charge is -2.25. The van der Waals surface area contributed by atoms with Crippen molar-refractivity contribution in [2.45, 2.75) is 24.2 Å². The van der Waals surface area contributed by atoms with Gasteiger partial charge in [-0.1, -0.05) is 12.5 Å². The van der Waals surface area contributed by atoms with Gasteiger partial charge in [-0.15, -0.1) is 0 Å². The average Bonchev–Trinajstić information content (AvgIpc) is 3.16. The average molecular weight is 361 g/mol. The minimum atomic E-state index is -3.57. The molecule has 2 aromatic rings. The Balaban J connectivity index is 1.73. The molecule has 0 saturated carbocycles. The predicted molar refractivity (Wildman–Crippen MR) is 92.8 cm³/mol. The highest BCUT2D eigenvalue weighted by Crippen LogP contribution is 2.21. The van der Waals surface area contributed by atoms with Gasteiger partial charge in [0.1, 0.15) is 5.76 Å². The van der Waals surface area contributed by atoms with E-state index in [9.17, 15) is 13.2 Å². The summed E-state index contributed by atoms with van der Waals surface area (Å²) in [6.45, 7) is 1.04. The number of nitrogens with one attached hydrogen (secondary N) is 1. The molecule has 1 saturated heterocycles. The van der Waals surface area contributed by atoms with Gasteiger partial charge in [-0.25, -0.2) is 13.8 Å². The van der Waals surface area contributed by atoms with Crippen LogP contribution in [0.1, 0.15) is 35.4 Å². The molecule has 1 aromatic heterocycles. The second-order valence-electron chi connectivity index (χ2n) is 5.71. The van der Waals surface area contributed by atoms with Crippen LogP contribution in [0, 0.1) is 0 Å². The van der Waals surface area contributed by atoms with E-state index < -0.39 is 15.9 Å². The van der Waals surface area contributed by atoms with E-state index in [1.165, 1.54) is 28.9 Å². The van der Waals surface area contributed by atoms with Crippen LogP contribution in [0.15, 0.2) is 57.1 Å². The molecule has 1 aliphatic rings. The fourth-order valence-corrected chi connectivity index (χ4v) is 4.20. The van der Waals surface area contributed by atoms with Crippen LogP contribution in [0.2, 0.25) is 0 Å². The van der Waals surface area contributed by atoms with Crippen LogP contribution < -0.4 is 5.43 Å². The molecule has 3 rings (SSSR count). The Morgan fingerprint density at radius 2 is 1.96 bits per heavy atom. The molecule has 1 aliphatic heterocycles. The zero-order valence-electron chi connectivity index (χ0n) is 13.6. The van der Waals surface area contributed by atoms with Crippen LogP contribution in [0.3, 0.4) is 0 Å². The Morgan fingerprint density at radius 1 is 1.16 bits per heavy atom. The van der Waals surface area contributed by atoms with E-state index >= 15 is 0 Å². The molecule has 25 heavy (non-hydrogen) atoms. The maximum Gasteiger partial charge on any atom is 0.271 e. The molecule has 8 heteroatoms. The SMILES string of the molecule is O=C(N/N=C\c1ccco1)c1cccc(S(=O)(=O)N2CCCCC2)c1. The van der Waals surface area contributed by atoms with Crippen LogP contribution in [0.25, 0.3) is 0 Å². The Hall–Kier alpha value is -2.45. The Bertz CT molecular complexity index is 854. The van der Waals surface area contributed by atoms with E-state index in [1.54, 1.807) is 24.3 Å². The van der Waals surface area contributed by atoms with Gasteiger partial charge in [-0.3, -0.25) is 4.79 Å². The van der Waals surface area contributed by atoms with Gasteiger partial charge in [0.05, 0.1) is 17.4 Å². The summed E-state index contributed by atoms with van der Waals surface area (Å²) in [6, 6.07) is 9.39. The number of carbonyl (C=O) groups is 1. The molecule has 0 atom stereocenters. The second kappa shape index (κ2) is 7.62. The fraction of sp³-hybridized carbons (Fsp3) is 0.294. The number of nitrogens with zero attached hydrogens (tertiary/aromatic N) is 2. The van der Waals surface area contributed by atoms with E-state index in [0.29, 0.717) is 18.8 Å². The predicted octanol–water partition coefficient (Wildman–Crippen LogP) is 2.22. The molecule has 1 N–H and O–H groups in total. The number of rotatable bonds is 5. The van der Waals surface area contributed by atoms with Crippen LogP contribution in [-0.2, 0) is 10.0 Å². The van der Waals surface area contributed by atoms with Crippen molar-refractivity contribution in [1.82, 2.24) is 9.73 Å². The summed E-state index contributed by atoms with van der Waals surface area (Å²) in [5.41, 5.74) is 2.59. The number of benzene rings is 1. The molecule has 132 valence electrons. The lowest BCUT2D eigenvalue weighted by atomic mass is 10.2. The van der Waals surface area contributed by atoms with Crippen LogP contribution >= 0.6 is 0 Å². The summed E-state index contributed by atoms with van der Waals surface area (Å²) in [4.78, 5) is 12.3. The van der Waals surface area contributed by atoms with Gasteiger partial charge in [-0.2, -0.15) is 9.41 Å². The first-order chi connectivity index (χ1) is 12.1. The third-order valence-electron chi connectivity index (χ3n) is 3.95. The highest BCUT2D eigenvalue weighted by Gasteiger charge is 2.26. The summed E-state index contributed by atoms with van der Waals surface area (Å²) in [5.74, 6) is 0.0141. The molecular formula is C17H19N3O4S. The van der Waals surface area contributed by atoms with E-state index in [1.807, 2.05) is 0 Å². The second-order valence-corrected chi connectivity index (χ2v) is 7.65. The maximum atomic E-state index is 12.7. The molecular weight excluding hydrogens is 342 g/mol. The molecule has 0 bridgehead atoms. The summed E-state index contributed by atoms with van der Waals surface area (Å²) >= 11 is 0. The summed E-state index contributed by atoms with van der Waals surface area (Å²) in [5, 5.41) is 3.79. The topological polar surface area (TPSA) is 92.0 Å². The van der Waals surface area contributed by atoms with E-state index in [4.69, 9.17) is 4.42 Å². The van der Waals surface area contributed by atoms with Gasteiger partial charge in [0.2, 0.25) is 10.0 Å². The van der Waals surface area contributed by atoms with Gasteiger partial charge < -0.3 is 4.42 Å². The molecule has 0 unspecified atom stereocenters. The zero-order chi connectivity index (χ0) is 17.7. The Labute approximate surface area is 146 Å². The Kier molecular flexibility index (Phi) is 5.30. The fourth-order valence-electron chi connectivity index (χ4n) is 2.64. The highest BCUT2D eigenvalue weighted by molar-refractivity contribution is 7.89. The van der Waals surface area contributed by atoms with Crippen molar-refractivity contribution in [3.8, 4) is 0 Å². The van der Waals surface area contributed by atoms with Gasteiger partial charge >= 0.3 is 0 Å². The van der Waals surface area contributed by atoms with Crippen molar-refractivity contribution in [1.29, 1.82) is 0 Å². The normalized spacial score (nSPS) is 16.2. The molecule has 1 amide bonds. The number of carbonyl (C=O) groups excluding carboxylic acids is 1. The van der Waals surface area contributed by atoms with Crippen LogP contribution in [0.4, 0.5) is 0 Å². The van der Waals surface area contributed by atoms with Crippen molar-refractivity contribution < 1.29 is 17.6 Å². The molecule has 0 aliphatic carbocycles. The van der Waals surface area contributed by atoms with Crippen molar-refractivity contribution in [3.63, 3.8) is 0 Å². The summed E-state index contributed by atoms with van der Waals surface area (Å²) in [7, 11) is -3.57. The van der Waals surface area contributed by atoms with Gasteiger partial charge in [0.15, 0.2) is 0 Å². The molecule has 1 fully saturated rings. The smallest absolute Gasteiger partial charge is 0.271 e. The van der Waals surface area contributed by atoms with Gasteiger partial charge in [0, 0.05) is 18.7 Å². The zero-order valence-corrected chi connectivity index (χ0v) is 14.4. The third kappa shape index (κ3) is 4.15. The largest absolute Gasteiger partial charge is 0.463 e. The highest BCUT2D eigenvalue weighted by atomic mass is 32.2. The monoisotopic (exact) mass is 361 g/mol. The maximum absolute atomic E-state index is 12.7. The van der Waals surface area contributed by atoms with Crippen molar-refractivity contribution in [2.75, 3.05) is 13.1 Å². The first-order valence-corrected chi connectivity index (χ1v) is 9.48. The molecule has 0 spiro atoms. The number of hydrazone groups is 1. The number of furan rings is 1. The van der Waals surface area contributed by atoms with E-state index in [-0.39, 0.29) is 10.5 Å². The first-order valence-electron chi connectivity index (χ1n) is 8.04. The van der Waals surface area contributed by atoms with Crippen LogP contribution in [0.5, 0.6) is 0 Å². The quantitative estimate of drug-likeness (QED) is 0.653. The molecule has 1 aromatic carbocycles. The third-order valence-corrected chi connectivity index (χ3v) is 5.84.